The molecule has 0 amide bonds. The van der Waals surface area contributed by atoms with Gasteiger partial charge in [-0.05, 0) is 17.7 Å². The van der Waals surface area contributed by atoms with Gasteiger partial charge in [-0.3, -0.25) is 0 Å². The molecular weight excluding hydrogens is 324 g/mol. The highest BCUT2D eigenvalue weighted by Crippen LogP contribution is 2.30. The number of benzene rings is 2. The first-order valence-corrected chi connectivity index (χ1v) is 8.49. The molecule has 0 fully saturated rings. The first-order valence-electron chi connectivity index (χ1n) is 8.49. The summed E-state index contributed by atoms with van der Waals surface area (Å²) in [7, 11) is 1.64. The Hall–Kier alpha value is -3.18. The van der Waals surface area contributed by atoms with Crippen LogP contribution in [0.15, 0.2) is 66.9 Å². The summed E-state index contributed by atoms with van der Waals surface area (Å²) < 4.78 is 7.44. The molecule has 0 aliphatic heterocycles. The molecule has 0 saturated carbocycles. The van der Waals surface area contributed by atoms with Crippen LogP contribution in [0.1, 0.15) is 11.3 Å². The number of nitrogens with zero attached hydrogens (tertiary/aromatic N) is 3. The maximum absolute atomic E-state index is 5.92. The molecule has 0 atom stereocenters. The molecule has 4 aromatic rings. The molecule has 4 rings (SSSR count). The Morgan fingerprint density at radius 3 is 2.58 bits per heavy atom. The number of hydrogen-bond acceptors (Lipinski definition) is 4. The van der Waals surface area contributed by atoms with Crippen molar-refractivity contribution in [2.75, 3.05) is 12.8 Å². The van der Waals surface area contributed by atoms with Crippen molar-refractivity contribution < 1.29 is 4.74 Å². The minimum absolute atomic E-state index is 0.259. The molecule has 2 aromatic carbocycles. The van der Waals surface area contributed by atoms with Crippen LogP contribution in [0, 0.1) is 0 Å². The van der Waals surface area contributed by atoms with Crippen molar-refractivity contribution in [2.45, 2.75) is 13.2 Å². The molecule has 0 aliphatic carbocycles. The van der Waals surface area contributed by atoms with E-state index in [1.165, 1.54) is 5.56 Å². The number of nitrogen functional groups attached to an aromatic ring is 1. The summed E-state index contributed by atoms with van der Waals surface area (Å²) in [6, 6.07) is 20.7. The molecule has 2 heterocycles. The summed E-state index contributed by atoms with van der Waals surface area (Å²) >= 11 is 0. The summed E-state index contributed by atoms with van der Waals surface area (Å²) in [5.41, 5.74) is 11.0. The number of ether oxygens (including phenoxy) is 1. The Balaban J connectivity index is 1.84. The highest BCUT2D eigenvalue weighted by molar-refractivity contribution is 5.95. The van der Waals surface area contributed by atoms with Crippen molar-refractivity contribution in [3.63, 3.8) is 0 Å². The van der Waals surface area contributed by atoms with E-state index in [-0.39, 0.29) is 5.95 Å². The molecule has 0 spiro atoms. The number of para-hydroxylation sites is 1. The lowest BCUT2D eigenvalue weighted by molar-refractivity contribution is 0.181. The van der Waals surface area contributed by atoms with Gasteiger partial charge in [-0.25, -0.2) is 9.97 Å². The molecule has 26 heavy (non-hydrogen) atoms. The van der Waals surface area contributed by atoms with Crippen LogP contribution in [-0.4, -0.2) is 21.6 Å². The van der Waals surface area contributed by atoms with Crippen molar-refractivity contribution in [1.82, 2.24) is 14.5 Å². The van der Waals surface area contributed by atoms with Gasteiger partial charge in [0.25, 0.3) is 0 Å². The Labute approximate surface area is 152 Å². The van der Waals surface area contributed by atoms with Crippen molar-refractivity contribution >= 4 is 16.9 Å². The number of fused-ring (bicyclic) bond motifs is 1. The summed E-state index contributed by atoms with van der Waals surface area (Å²) in [6.07, 6.45) is 2.13. The normalized spacial score (nSPS) is 11.1. The second-order valence-electron chi connectivity index (χ2n) is 6.21. The third kappa shape index (κ3) is 3.17. The van der Waals surface area contributed by atoms with Gasteiger partial charge in [0.05, 0.1) is 18.0 Å². The zero-order chi connectivity index (χ0) is 17.9. The third-order valence-electron chi connectivity index (χ3n) is 4.35. The first-order chi connectivity index (χ1) is 12.7. The van der Waals surface area contributed by atoms with Gasteiger partial charge in [0, 0.05) is 36.3 Å². The monoisotopic (exact) mass is 344 g/mol. The molecule has 5 nitrogen and oxygen atoms in total. The van der Waals surface area contributed by atoms with Gasteiger partial charge in [0.1, 0.15) is 0 Å². The Kier molecular flexibility index (Phi) is 4.37. The van der Waals surface area contributed by atoms with E-state index in [0.717, 1.165) is 34.4 Å². The fraction of sp³-hybridized carbons (Fsp3) is 0.143. The van der Waals surface area contributed by atoms with Gasteiger partial charge in [0.2, 0.25) is 5.95 Å². The number of nitrogens with two attached hydrogens (primary N) is 1. The minimum atomic E-state index is 0.259. The molecule has 0 unspecified atom stereocenters. The maximum atomic E-state index is 5.92. The highest BCUT2D eigenvalue weighted by atomic mass is 16.5. The van der Waals surface area contributed by atoms with E-state index in [4.69, 9.17) is 10.5 Å². The molecule has 0 aliphatic rings. The molecule has 2 N–H and O–H groups in total. The van der Waals surface area contributed by atoms with Crippen LogP contribution < -0.4 is 5.73 Å². The second-order valence-corrected chi connectivity index (χ2v) is 6.21. The molecule has 0 radical (unpaired) electrons. The number of rotatable bonds is 5. The van der Waals surface area contributed by atoms with Crippen LogP contribution in [0.4, 0.5) is 5.95 Å². The van der Waals surface area contributed by atoms with Gasteiger partial charge in [-0.2, -0.15) is 0 Å². The Morgan fingerprint density at radius 2 is 1.77 bits per heavy atom. The third-order valence-corrected chi connectivity index (χ3v) is 4.35. The average molecular weight is 344 g/mol. The highest BCUT2D eigenvalue weighted by Gasteiger charge is 2.13. The summed E-state index contributed by atoms with van der Waals surface area (Å²) in [5.74, 6) is 0.259. The van der Waals surface area contributed by atoms with E-state index in [0.29, 0.717) is 6.61 Å². The largest absolute Gasteiger partial charge is 0.378 e. The predicted octanol–water partition coefficient (Wildman–Crippen LogP) is 3.88. The van der Waals surface area contributed by atoms with E-state index >= 15 is 0 Å². The van der Waals surface area contributed by atoms with Gasteiger partial charge in [-0.15, -0.1) is 0 Å². The number of aromatic nitrogens is 3. The topological polar surface area (TPSA) is 66.0 Å². The molecule has 0 bridgehead atoms. The molecule has 130 valence electrons. The van der Waals surface area contributed by atoms with Crippen LogP contribution in [0.5, 0.6) is 0 Å². The van der Waals surface area contributed by atoms with Crippen molar-refractivity contribution in [2.24, 2.45) is 0 Å². The Morgan fingerprint density at radius 1 is 1.00 bits per heavy atom. The second kappa shape index (κ2) is 6.98. The lowest BCUT2D eigenvalue weighted by atomic mass is 10.1. The molecule has 5 heteroatoms. The van der Waals surface area contributed by atoms with Crippen LogP contribution in [0.2, 0.25) is 0 Å². The van der Waals surface area contributed by atoms with Gasteiger partial charge < -0.3 is 15.0 Å². The van der Waals surface area contributed by atoms with E-state index in [1.807, 2.05) is 18.2 Å². The van der Waals surface area contributed by atoms with Crippen molar-refractivity contribution in [1.29, 1.82) is 0 Å². The molecule has 2 aromatic heterocycles. The molecule has 0 saturated heterocycles. The lowest BCUT2D eigenvalue weighted by Gasteiger charge is -2.05. The quantitative estimate of drug-likeness (QED) is 0.597. The first kappa shape index (κ1) is 16.3. The number of hydrogen-bond donors (Lipinski definition) is 1. The van der Waals surface area contributed by atoms with E-state index < -0.39 is 0 Å². The maximum Gasteiger partial charge on any atom is 0.220 e. The zero-order valence-electron chi connectivity index (χ0n) is 14.6. The van der Waals surface area contributed by atoms with Gasteiger partial charge >= 0.3 is 0 Å². The fourth-order valence-corrected chi connectivity index (χ4v) is 3.24. The minimum Gasteiger partial charge on any atom is -0.378 e. The number of anilines is 1. The van der Waals surface area contributed by atoms with E-state index in [9.17, 15) is 0 Å². The predicted molar refractivity (Wildman–Crippen MR) is 104 cm³/mol. The fourth-order valence-electron chi connectivity index (χ4n) is 3.24. The van der Waals surface area contributed by atoms with Crippen molar-refractivity contribution in [3.8, 4) is 11.3 Å². The summed E-state index contributed by atoms with van der Waals surface area (Å²) in [4.78, 5) is 8.69. The standard InChI is InChI=1S/C21H20N4O/c1-26-14-16-11-19(24-21(22)23-16)18-13-25(12-15-7-3-2-4-8-15)20-10-6-5-9-17(18)20/h2-11,13H,12,14H2,1H3,(H2,22,23,24). The number of methoxy groups -OCH3 is 1. The Bertz CT molecular complexity index is 1040. The summed E-state index contributed by atoms with van der Waals surface area (Å²) in [6.45, 7) is 1.20. The van der Waals surface area contributed by atoms with Gasteiger partial charge in [-0.1, -0.05) is 48.5 Å². The summed E-state index contributed by atoms with van der Waals surface area (Å²) in [5, 5.41) is 1.14. The van der Waals surface area contributed by atoms with Gasteiger partial charge in [0.15, 0.2) is 0 Å². The van der Waals surface area contributed by atoms with E-state index in [1.54, 1.807) is 7.11 Å². The van der Waals surface area contributed by atoms with Crippen LogP contribution in [0.3, 0.4) is 0 Å². The zero-order valence-corrected chi connectivity index (χ0v) is 14.6. The van der Waals surface area contributed by atoms with Crippen LogP contribution in [-0.2, 0) is 17.9 Å². The smallest absolute Gasteiger partial charge is 0.220 e. The van der Waals surface area contributed by atoms with Crippen LogP contribution in [0.25, 0.3) is 22.2 Å². The SMILES string of the molecule is COCc1cc(-c2cn(Cc3ccccc3)c3ccccc23)nc(N)n1. The molecular formula is C21H20N4O. The van der Waals surface area contributed by atoms with E-state index in [2.05, 4.69) is 63.2 Å². The average Bonchev–Trinajstić information content (AvgIpc) is 3.01. The van der Waals surface area contributed by atoms with Crippen LogP contribution >= 0.6 is 0 Å². The van der Waals surface area contributed by atoms with Crippen molar-refractivity contribution in [3.05, 3.63) is 78.1 Å². The lowest BCUT2D eigenvalue weighted by Crippen LogP contribution is -2.02.